The van der Waals surface area contributed by atoms with Crippen LogP contribution in [0.5, 0.6) is 0 Å². The van der Waals surface area contributed by atoms with Gasteiger partial charge in [0.2, 0.25) is 0 Å². The lowest BCUT2D eigenvalue weighted by Crippen LogP contribution is -2.02. The lowest BCUT2D eigenvalue weighted by Gasteiger charge is -2.14. The summed E-state index contributed by atoms with van der Waals surface area (Å²) in [6.45, 7) is 0. The largest absolute Gasteiger partial charge is 0.309 e. The van der Waals surface area contributed by atoms with Crippen molar-refractivity contribution in [1.29, 1.82) is 0 Å². The first-order valence-electron chi connectivity index (χ1n) is 19.7. The summed E-state index contributed by atoms with van der Waals surface area (Å²) in [4.78, 5) is 15.2. The predicted octanol–water partition coefficient (Wildman–Crippen LogP) is 11.9. The van der Waals surface area contributed by atoms with E-state index in [2.05, 4.69) is 36.4 Å². The quantitative estimate of drug-likeness (QED) is 0.173. The molecule has 4 nitrogen and oxygen atoms in total. The standard InChI is InChI=1S/C47H30N4/c1-3-13-31(14-4-1)36-27-37(29-38(28-36)51-43-21-11-9-19-40(43)41-20-10-12-22-44(41)51)47-49-45(34-16-5-2-6-17-34)48-46(50-47)35-26-25-33-24-23-32-15-7-8-18-39(32)42(33)30-35/h1-30H/i9D,10D,19D,20D,21D,22D. The average molecular weight is 657 g/mol. The number of benzene rings is 8. The Labute approximate surface area is 303 Å². The maximum atomic E-state index is 9.08. The summed E-state index contributed by atoms with van der Waals surface area (Å²) in [5.41, 5.74) is 5.09. The second-order valence-corrected chi connectivity index (χ2v) is 12.4. The third-order valence-electron chi connectivity index (χ3n) is 9.34. The molecule has 51 heavy (non-hydrogen) atoms. The second-order valence-electron chi connectivity index (χ2n) is 12.4. The van der Waals surface area contributed by atoms with Crippen molar-refractivity contribution in [3.8, 4) is 51.0 Å². The minimum absolute atomic E-state index is 0.0307. The van der Waals surface area contributed by atoms with E-state index in [1.807, 2.05) is 97.1 Å². The van der Waals surface area contributed by atoms with Gasteiger partial charge in [0.1, 0.15) is 0 Å². The molecule has 8 aromatic carbocycles. The molecule has 2 aromatic heterocycles. The van der Waals surface area contributed by atoms with Crippen LogP contribution in [0.3, 0.4) is 0 Å². The highest BCUT2D eigenvalue weighted by Gasteiger charge is 2.18. The van der Waals surface area contributed by atoms with Gasteiger partial charge in [0.25, 0.3) is 0 Å². The smallest absolute Gasteiger partial charge is 0.164 e. The van der Waals surface area contributed by atoms with Crippen molar-refractivity contribution in [2.75, 3.05) is 0 Å². The number of hydrogen-bond acceptors (Lipinski definition) is 3. The maximum absolute atomic E-state index is 9.08. The van der Waals surface area contributed by atoms with Crippen LogP contribution in [0.2, 0.25) is 0 Å². The number of aromatic nitrogens is 4. The van der Waals surface area contributed by atoms with E-state index in [1.165, 1.54) is 12.1 Å². The van der Waals surface area contributed by atoms with Crippen LogP contribution < -0.4 is 0 Å². The van der Waals surface area contributed by atoms with Crippen LogP contribution in [0.25, 0.3) is 94.3 Å². The van der Waals surface area contributed by atoms with Gasteiger partial charge in [0, 0.05) is 33.2 Å². The fraction of sp³-hybridized carbons (Fsp3) is 0. The van der Waals surface area contributed by atoms with Crippen molar-refractivity contribution < 1.29 is 8.22 Å². The lowest BCUT2D eigenvalue weighted by molar-refractivity contribution is 1.07. The highest BCUT2D eigenvalue weighted by Crippen LogP contribution is 2.37. The molecule has 0 radical (unpaired) electrons. The van der Waals surface area contributed by atoms with Crippen LogP contribution in [0, 0.1) is 0 Å². The third kappa shape index (κ3) is 5.04. The molecule has 238 valence electrons. The molecule has 10 aromatic rings. The Morgan fingerprint density at radius 2 is 0.922 bits per heavy atom. The number of fused-ring (bicyclic) bond motifs is 6. The zero-order chi connectivity index (χ0) is 38.9. The van der Waals surface area contributed by atoms with E-state index in [1.54, 1.807) is 4.57 Å². The molecule has 4 heteroatoms. The fourth-order valence-electron chi connectivity index (χ4n) is 6.93. The first kappa shape index (κ1) is 23.4. The van der Waals surface area contributed by atoms with Crippen LogP contribution >= 0.6 is 0 Å². The summed E-state index contributed by atoms with van der Waals surface area (Å²) >= 11 is 0. The van der Waals surface area contributed by atoms with Gasteiger partial charge < -0.3 is 4.57 Å². The van der Waals surface area contributed by atoms with Gasteiger partial charge in [-0.05, 0) is 69.0 Å². The number of para-hydroxylation sites is 2. The van der Waals surface area contributed by atoms with Gasteiger partial charge in [-0.15, -0.1) is 0 Å². The highest BCUT2D eigenvalue weighted by atomic mass is 15.0. The molecule has 2 heterocycles. The Bertz CT molecular complexity index is 3190. The van der Waals surface area contributed by atoms with Crippen molar-refractivity contribution in [2.24, 2.45) is 0 Å². The third-order valence-corrected chi connectivity index (χ3v) is 9.34. The Hall–Kier alpha value is -6.91. The minimum Gasteiger partial charge on any atom is -0.309 e. The number of rotatable bonds is 5. The van der Waals surface area contributed by atoms with Crippen molar-refractivity contribution >= 4 is 43.4 Å². The normalized spacial score (nSPS) is 13.2. The molecule has 0 spiro atoms. The maximum Gasteiger partial charge on any atom is 0.164 e. The van der Waals surface area contributed by atoms with E-state index in [0.29, 0.717) is 28.7 Å². The number of nitrogens with zero attached hydrogens (tertiary/aromatic N) is 4. The van der Waals surface area contributed by atoms with Crippen molar-refractivity contribution in [3.63, 3.8) is 0 Å². The van der Waals surface area contributed by atoms with Gasteiger partial charge in [-0.25, -0.2) is 15.0 Å². The van der Waals surface area contributed by atoms with Gasteiger partial charge in [-0.1, -0.05) is 145 Å². The molecule has 0 aliphatic rings. The minimum atomic E-state index is -0.167. The van der Waals surface area contributed by atoms with E-state index in [4.69, 9.17) is 23.2 Å². The topological polar surface area (TPSA) is 43.6 Å². The van der Waals surface area contributed by atoms with E-state index < -0.39 is 0 Å². The van der Waals surface area contributed by atoms with Crippen LogP contribution in [-0.2, 0) is 0 Å². The monoisotopic (exact) mass is 656 g/mol. The first-order chi connectivity index (χ1) is 27.7. The summed E-state index contributed by atoms with van der Waals surface area (Å²) in [6, 6.07) is 46.1. The highest BCUT2D eigenvalue weighted by molar-refractivity contribution is 6.10. The molecule has 0 unspecified atom stereocenters. The van der Waals surface area contributed by atoms with E-state index >= 15 is 0 Å². The van der Waals surface area contributed by atoms with Crippen LogP contribution in [0.15, 0.2) is 182 Å². The van der Waals surface area contributed by atoms with Crippen LogP contribution in [0.1, 0.15) is 8.22 Å². The van der Waals surface area contributed by atoms with Gasteiger partial charge in [-0.2, -0.15) is 0 Å². The van der Waals surface area contributed by atoms with Crippen LogP contribution in [0.4, 0.5) is 0 Å². The van der Waals surface area contributed by atoms with Crippen molar-refractivity contribution in [2.45, 2.75) is 0 Å². The van der Waals surface area contributed by atoms with Gasteiger partial charge in [0.05, 0.1) is 19.3 Å². The molecular weight excluding hydrogens is 621 g/mol. The summed E-state index contributed by atoms with van der Waals surface area (Å²) < 4.78 is 54.7. The molecule has 0 atom stereocenters. The Morgan fingerprint density at radius 1 is 0.373 bits per heavy atom. The number of hydrogen-bond donors (Lipinski definition) is 0. The van der Waals surface area contributed by atoms with Gasteiger partial charge >= 0.3 is 0 Å². The summed E-state index contributed by atoms with van der Waals surface area (Å²) in [7, 11) is 0. The van der Waals surface area contributed by atoms with Crippen LogP contribution in [-0.4, -0.2) is 19.5 Å². The molecule has 0 fully saturated rings. The average Bonchev–Trinajstić information content (AvgIpc) is 3.63. The summed E-state index contributed by atoms with van der Waals surface area (Å²) in [5, 5.41) is 4.84. The molecule has 0 aliphatic heterocycles. The zero-order valence-corrected chi connectivity index (χ0v) is 27.1. The Morgan fingerprint density at radius 3 is 1.63 bits per heavy atom. The Kier molecular flexibility index (Phi) is 5.47. The van der Waals surface area contributed by atoms with Gasteiger partial charge in [-0.3, -0.25) is 0 Å². The molecule has 0 aliphatic carbocycles. The van der Waals surface area contributed by atoms with Crippen molar-refractivity contribution in [3.05, 3.63) is 182 Å². The van der Waals surface area contributed by atoms with E-state index in [-0.39, 0.29) is 58.1 Å². The first-order valence-corrected chi connectivity index (χ1v) is 16.7. The predicted molar refractivity (Wildman–Crippen MR) is 211 cm³/mol. The SMILES string of the molecule is [2H]c1cc([2H])c2c(c1[2H])c1c([2H])c([2H])cc([2H])c1n2-c1cc(-c2ccccc2)cc(-c2nc(-c3ccccc3)nc(-c3ccc4ccc5ccccc5c4c3)n2)c1. The van der Waals surface area contributed by atoms with E-state index in [0.717, 1.165) is 43.8 Å². The Balaban J connectivity index is 1.28. The molecule has 0 bridgehead atoms. The zero-order valence-electron chi connectivity index (χ0n) is 33.1. The fourth-order valence-corrected chi connectivity index (χ4v) is 6.93. The molecule has 0 saturated carbocycles. The molecule has 10 rings (SSSR count). The lowest BCUT2D eigenvalue weighted by atomic mass is 9.99. The summed E-state index contributed by atoms with van der Waals surface area (Å²) in [5.74, 6) is 1.38. The molecule has 0 saturated heterocycles. The molecular formula is C47H30N4. The summed E-state index contributed by atoms with van der Waals surface area (Å²) in [6.07, 6.45) is 0. The molecule has 0 amide bonds. The van der Waals surface area contributed by atoms with E-state index in [9.17, 15) is 0 Å². The second kappa shape index (κ2) is 11.9. The van der Waals surface area contributed by atoms with Gasteiger partial charge in [0.15, 0.2) is 17.5 Å². The van der Waals surface area contributed by atoms with Crippen molar-refractivity contribution in [1.82, 2.24) is 19.5 Å². The molecule has 0 N–H and O–H groups in total.